The third kappa shape index (κ3) is 3.49. The molecule has 0 heterocycles. The maximum Gasteiger partial charge on any atom is 0.165 e. The largest absolute Gasteiger partial charge is 0.490 e. The van der Waals surface area contributed by atoms with Crippen LogP contribution in [0.1, 0.15) is 12.0 Å². The molecule has 1 N–H and O–H groups in total. The average Bonchev–Trinajstić information content (AvgIpc) is 2.26. The summed E-state index contributed by atoms with van der Waals surface area (Å²) in [6.07, 6.45) is 0.690. The van der Waals surface area contributed by atoms with Gasteiger partial charge < -0.3 is 14.6 Å². The maximum absolute atomic E-state index is 13.3. The summed E-state index contributed by atoms with van der Waals surface area (Å²) in [5, 5.41) is 8.97. The van der Waals surface area contributed by atoms with Crippen LogP contribution in [0.4, 0.5) is 4.39 Å². The smallest absolute Gasteiger partial charge is 0.165 e. The van der Waals surface area contributed by atoms with E-state index in [0.29, 0.717) is 25.2 Å². The van der Waals surface area contributed by atoms with Gasteiger partial charge in [0.25, 0.3) is 0 Å². The van der Waals surface area contributed by atoms with Crippen molar-refractivity contribution >= 4 is 0 Å². The predicted octanol–water partition coefficient (Wildman–Crippen LogP) is 1.73. The first-order chi connectivity index (χ1) is 7.29. The fraction of sp³-hybridized carbons (Fsp3) is 0.455. The Labute approximate surface area is 88.4 Å². The van der Waals surface area contributed by atoms with E-state index in [1.807, 2.05) is 0 Å². The minimum atomic E-state index is -0.445. The van der Waals surface area contributed by atoms with Gasteiger partial charge in [-0.05, 0) is 6.07 Å². The molecule has 0 saturated heterocycles. The predicted molar refractivity (Wildman–Crippen MR) is 54.3 cm³/mol. The van der Waals surface area contributed by atoms with Crippen LogP contribution in [0.15, 0.2) is 18.2 Å². The van der Waals surface area contributed by atoms with Gasteiger partial charge in [-0.25, -0.2) is 4.39 Å². The summed E-state index contributed by atoms with van der Waals surface area (Å²) < 4.78 is 23.4. The Kier molecular flexibility index (Phi) is 5.07. The summed E-state index contributed by atoms with van der Waals surface area (Å²) in [6, 6.07) is 4.49. The van der Waals surface area contributed by atoms with E-state index in [4.69, 9.17) is 14.6 Å². The summed E-state index contributed by atoms with van der Waals surface area (Å²) in [4.78, 5) is 0. The summed E-state index contributed by atoms with van der Waals surface area (Å²) >= 11 is 0. The minimum Gasteiger partial charge on any atom is -0.490 e. The van der Waals surface area contributed by atoms with Crippen LogP contribution >= 0.6 is 0 Å². The third-order valence-corrected chi connectivity index (χ3v) is 1.96. The molecule has 0 aliphatic rings. The summed E-state index contributed by atoms with van der Waals surface area (Å²) in [5.41, 5.74) is 0.465. The summed E-state index contributed by atoms with van der Waals surface area (Å²) in [5.74, 6) is -0.310. The molecule has 0 bridgehead atoms. The lowest BCUT2D eigenvalue weighted by molar-refractivity contribution is 0.169. The second-order valence-corrected chi connectivity index (χ2v) is 3.08. The van der Waals surface area contributed by atoms with E-state index in [1.54, 1.807) is 19.2 Å². The number of ether oxygens (including phenoxy) is 2. The minimum absolute atomic E-state index is 0.135. The Balaban J connectivity index is 2.58. The van der Waals surface area contributed by atoms with Gasteiger partial charge in [0.15, 0.2) is 11.6 Å². The van der Waals surface area contributed by atoms with Crippen LogP contribution in [0, 0.1) is 5.82 Å². The Morgan fingerprint density at radius 1 is 1.33 bits per heavy atom. The van der Waals surface area contributed by atoms with Crippen molar-refractivity contribution in [2.24, 2.45) is 0 Å². The van der Waals surface area contributed by atoms with Crippen molar-refractivity contribution in [1.82, 2.24) is 0 Å². The topological polar surface area (TPSA) is 38.7 Å². The number of aliphatic hydroxyl groups is 1. The molecule has 84 valence electrons. The van der Waals surface area contributed by atoms with Gasteiger partial charge in [0.05, 0.1) is 13.2 Å². The molecule has 15 heavy (non-hydrogen) atoms. The van der Waals surface area contributed by atoms with E-state index < -0.39 is 5.82 Å². The first kappa shape index (κ1) is 11.9. The van der Waals surface area contributed by atoms with E-state index in [0.717, 1.165) is 0 Å². The number of hydrogen-bond acceptors (Lipinski definition) is 3. The number of hydrogen-bond donors (Lipinski definition) is 1. The zero-order valence-corrected chi connectivity index (χ0v) is 8.70. The number of rotatable bonds is 6. The Bertz CT molecular complexity index is 302. The van der Waals surface area contributed by atoms with Gasteiger partial charge in [-0.3, -0.25) is 0 Å². The van der Waals surface area contributed by atoms with E-state index in [1.165, 1.54) is 6.07 Å². The number of methoxy groups -OCH3 is 1. The first-order valence-electron chi connectivity index (χ1n) is 4.79. The zero-order valence-electron chi connectivity index (χ0n) is 8.70. The number of aliphatic hydroxyl groups excluding tert-OH is 1. The maximum atomic E-state index is 13.3. The van der Waals surface area contributed by atoms with Gasteiger partial charge in [-0.15, -0.1) is 0 Å². The van der Waals surface area contributed by atoms with E-state index >= 15 is 0 Å². The second-order valence-electron chi connectivity index (χ2n) is 3.08. The van der Waals surface area contributed by atoms with Gasteiger partial charge in [-0.1, -0.05) is 12.1 Å². The molecule has 0 aliphatic heterocycles. The fourth-order valence-corrected chi connectivity index (χ4v) is 1.22. The van der Waals surface area contributed by atoms with Gasteiger partial charge in [-0.2, -0.15) is 0 Å². The Hall–Kier alpha value is -1.13. The highest BCUT2D eigenvalue weighted by atomic mass is 19.1. The Morgan fingerprint density at radius 2 is 2.13 bits per heavy atom. The molecular weight excluding hydrogens is 199 g/mol. The van der Waals surface area contributed by atoms with Crippen LogP contribution in [-0.4, -0.2) is 25.4 Å². The lowest BCUT2D eigenvalue weighted by atomic mass is 10.2. The van der Waals surface area contributed by atoms with Crippen molar-refractivity contribution in [3.8, 4) is 5.75 Å². The molecule has 3 nitrogen and oxygen atoms in total. The third-order valence-electron chi connectivity index (χ3n) is 1.96. The molecule has 1 rings (SSSR count). The van der Waals surface area contributed by atoms with Gasteiger partial charge >= 0.3 is 0 Å². The molecule has 0 amide bonds. The highest BCUT2D eigenvalue weighted by molar-refractivity contribution is 5.34. The highest BCUT2D eigenvalue weighted by Crippen LogP contribution is 2.22. The van der Waals surface area contributed by atoms with Crippen LogP contribution in [-0.2, 0) is 11.3 Å². The lowest BCUT2D eigenvalue weighted by Crippen LogP contribution is -2.05. The summed E-state index contributed by atoms with van der Waals surface area (Å²) in [7, 11) is 1.60. The zero-order chi connectivity index (χ0) is 11.1. The number of halogens is 1. The van der Waals surface area contributed by atoms with Crippen LogP contribution in [0.3, 0.4) is 0 Å². The van der Waals surface area contributed by atoms with Gasteiger partial charge in [0.1, 0.15) is 0 Å². The monoisotopic (exact) mass is 214 g/mol. The first-order valence-corrected chi connectivity index (χ1v) is 4.79. The molecule has 0 fully saturated rings. The van der Waals surface area contributed by atoms with Crippen molar-refractivity contribution in [2.75, 3.05) is 20.3 Å². The molecule has 1 aromatic carbocycles. The quantitative estimate of drug-likeness (QED) is 0.733. The molecular formula is C11H15FO3. The van der Waals surface area contributed by atoms with Crippen molar-refractivity contribution in [2.45, 2.75) is 13.0 Å². The number of benzene rings is 1. The Morgan fingerprint density at radius 3 is 2.80 bits per heavy atom. The summed E-state index contributed by atoms with van der Waals surface area (Å²) in [6.45, 7) is 0.724. The second kappa shape index (κ2) is 6.37. The van der Waals surface area contributed by atoms with Crippen molar-refractivity contribution in [3.63, 3.8) is 0 Å². The average molecular weight is 214 g/mol. The van der Waals surface area contributed by atoms with Crippen molar-refractivity contribution in [3.05, 3.63) is 29.6 Å². The molecule has 0 aromatic heterocycles. The lowest BCUT2D eigenvalue weighted by Gasteiger charge is -2.10. The molecule has 0 radical (unpaired) electrons. The van der Waals surface area contributed by atoms with Crippen LogP contribution < -0.4 is 4.74 Å². The van der Waals surface area contributed by atoms with E-state index in [2.05, 4.69) is 0 Å². The van der Waals surface area contributed by atoms with Crippen molar-refractivity contribution < 1.29 is 19.0 Å². The van der Waals surface area contributed by atoms with Crippen LogP contribution in [0.5, 0.6) is 5.75 Å². The molecule has 4 heteroatoms. The molecule has 0 saturated carbocycles. The SMILES string of the molecule is COCCCOc1c(F)cccc1CO. The van der Waals surface area contributed by atoms with Crippen molar-refractivity contribution in [1.29, 1.82) is 0 Å². The van der Waals surface area contributed by atoms with E-state index in [9.17, 15) is 4.39 Å². The molecule has 0 unspecified atom stereocenters. The number of para-hydroxylation sites is 1. The van der Waals surface area contributed by atoms with E-state index in [-0.39, 0.29) is 12.4 Å². The molecule has 1 aromatic rings. The van der Waals surface area contributed by atoms with Crippen LogP contribution in [0.25, 0.3) is 0 Å². The highest BCUT2D eigenvalue weighted by Gasteiger charge is 2.08. The fourth-order valence-electron chi connectivity index (χ4n) is 1.22. The standard InChI is InChI=1S/C11H15FO3/c1-14-6-3-7-15-11-9(8-13)4-2-5-10(11)12/h2,4-5,13H,3,6-8H2,1H3. The molecule has 0 aliphatic carbocycles. The van der Waals surface area contributed by atoms with Gasteiger partial charge in [0, 0.05) is 25.7 Å². The molecule has 0 spiro atoms. The normalized spacial score (nSPS) is 10.3. The molecule has 0 atom stereocenters. The van der Waals surface area contributed by atoms with Gasteiger partial charge in [0.2, 0.25) is 0 Å². The van der Waals surface area contributed by atoms with Crippen LogP contribution in [0.2, 0.25) is 0 Å².